The fraction of sp³-hybridized carbons (Fsp3) is 0.0769. The Balaban J connectivity index is 1.85. The summed E-state index contributed by atoms with van der Waals surface area (Å²) in [6.45, 7) is 0.166. The van der Waals surface area contributed by atoms with Crippen LogP contribution in [0.4, 0.5) is 10.7 Å². The van der Waals surface area contributed by atoms with Crippen molar-refractivity contribution in [1.82, 2.24) is 9.97 Å². The number of carbonyl (C=O) groups excluding carboxylic acids is 2. The molecule has 0 bridgehead atoms. The first-order valence-corrected chi connectivity index (χ1v) is 5.53. The van der Waals surface area contributed by atoms with Gasteiger partial charge in [-0.05, 0) is 5.56 Å². The van der Waals surface area contributed by atoms with Gasteiger partial charge in [0.1, 0.15) is 6.61 Å². The topological polar surface area (TPSA) is 81.2 Å². The number of hydrogen-bond donors (Lipinski definition) is 1. The van der Waals surface area contributed by atoms with Gasteiger partial charge in [-0.15, -0.1) is 0 Å². The summed E-state index contributed by atoms with van der Waals surface area (Å²) >= 11 is 0. The predicted octanol–water partition coefficient (Wildman–Crippen LogP) is 2.04. The van der Waals surface area contributed by atoms with Gasteiger partial charge in [-0.2, -0.15) is 0 Å². The molecule has 19 heavy (non-hydrogen) atoms. The summed E-state index contributed by atoms with van der Waals surface area (Å²) in [6.07, 6.45) is 2.60. The summed E-state index contributed by atoms with van der Waals surface area (Å²) in [5, 5.41) is 2.36. The van der Waals surface area contributed by atoms with Gasteiger partial charge in [-0.3, -0.25) is 10.1 Å². The molecular weight excluding hydrogens is 246 g/mol. The summed E-state index contributed by atoms with van der Waals surface area (Å²) in [4.78, 5) is 29.4. The van der Waals surface area contributed by atoms with Gasteiger partial charge in [0.15, 0.2) is 6.29 Å². The van der Waals surface area contributed by atoms with Crippen LogP contribution in [0.2, 0.25) is 0 Å². The van der Waals surface area contributed by atoms with Crippen molar-refractivity contribution in [2.24, 2.45) is 0 Å². The summed E-state index contributed by atoms with van der Waals surface area (Å²) in [5.41, 5.74) is 1.22. The van der Waals surface area contributed by atoms with Gasteiger partial charge in [0.2, 0.25) is 5.95 Å². The van der Waals surface area contributed by atoms with E-state index in [2.05, 4.69) is 15.3 Å². The number of aldehydes is 1. The SMILES string of the molecule is O=Cc1cnc(NC(=O)OCc2ccccc2)nc1. The molecule has 2 aromatic rings. The van der Waals surface area contributed by atoms with Crippen molar-refractivity contribution in [2.75, 3.05) is 5.32 Å². The second-order valence-electron chi connectivity index (χ2n) is 3.64. The number of hydrogen-bond acceptors (Lipinski definition) is 5. The molecule has 1 aromatic heterocycles. The largest absolute Gasteiger partial charge is 0.444 e. The van der Waals surface area contributed by atoms with Crippen LogP contribution in [0.15, 0.2) is 42.7 Å². The van der Waals surface area contributed by atoms with Crippen molar-refractivity contribution < 1.29 is 14.3 Å². The highest BCUT2D eigenvalue weighted by molar-refractivity contribution is 5.82. The highest BCUT2D eigenvalue weighted by atomic mass is 16.5. The van der Waals surface area contributed by atoms with Crippen LogP contribution in [-0.2, 0) is 11.3 Å². The Labute approximate surface area is 109 Å². The summed E-state index contributed by atoms with van der Waals surface area (Å²) in [6, 6.07) is 9.30. The average molecular weight is 257 g/mol. The third kappa shape index (κ3) is 3.88. The van der Waals surface area contributed by atoms with Crippen molar-refractivity contribution in [1.29, 1.82) is 0 Å². The molecule has 0 saturated carbocycles. The van der Waals surface area contributed by atoms with Crippen molar-refractivity contribution in [3.05, 3.63) is 53.9 Å². The number of anilines is 1. The number of benzene rings is 1. The second kappa shape index (κ2) is 6.25. The van der Waals surface area contributed by atoms with Gasteiger partial charge in [0, 0.05) is 12.4 Å². The van der Waals surface area contributed by atoms with E-state index in [4.69, 9.17) is 4.74 Å². The molecule has 1 N–H and O–H groups in total. The molecule has 1 heterocycles. The predicted molar refractivity (Wildman–Crippen MR) is 67.7 cm³/mol. The molecule has 0 unspecified atom stereocenters. The first kappa shape index (κ1) is 12.7. The molecule has 0 fully saturated rings. The molecule has 1 amide bonds. The molecule has 1 aromatic carbocycles. The Morgan fingerprint density at radius 3 is 2.53 bits per heavy atom. The van der Waals surface area contributed by atoms with E-state index in [0.29, 0.717) is 11.8 Å². The van der Waals surface area contributed by atoms with Crippen LogP contribution in [0.1, 0.15) is 15.9 Å². The third-order valence-corrected chi connectivity index (χ3v) is 2.23. The quantitative estimate of drug-likeness (QED) is 0.847. The monoisotopic (exact) mass is 257 g/mol. The first-order chi connectivity index (χ1) is 9.28. The van der Waals surface area contributed by atoms with E-state index in [-0.39, 0.29) is 12.6 Å². The molecular formula is C13H11N3O3. The van der Waals surface area contributed by atoms with Crippen molar-refractivity contribution in [2.45, 2.75) is 6.61 Å². The molecule has 96 valence electrons. The Morgan fingerprint density at radius 1 is 1.21 bits per heavy atom. The van der Waals surface area contributed by atoms with E-state index in [1.165, 1.54) is 12.4 Å². The molecule has 0 radical (unpaired) electrons. The average Bonchev–Trinajstić information content (AvgIpc) is 2.47. The molecule has 0 aliphatic heterocycles. The van der Waals surface area contributed by atoms with Gasteiger partial charge < -0.3 is 4.74 Å². The van der Waals surface area contributed by atoms with Crippen LogP contribution in [0, 0.1) is 0 Å². The zero-order chi connectivity index (χ0) is 13.5. The third-order valence-electron chi connectivity index (χ3n) is 2.23. The van der Waals surface area contributed by atoms with Crippen LogP contribution in [0.25, 0.3) is 0 Å². The van der Waals surface area contributed by atoms with E-state index >= 15 is 0 Å². The fourth-order valence-electron chi connectivity index (χ4n) is 1.31. The van der Waals surface area contributed by atoms with Crippen molar-refractivity contribution in [3.8, 4) is 0 Å². The van der Waals surface area contributed by atoms with E-state index < -0.39 is 6.09 Å². The summed E-state index contributed by atoms with van der Waals surface area (Å²) < 4.78 is 4.99. The zero-order valence-electron chi connectivity index (χ0n) is 9.95. The molecule has 0 spiro atoms. The molecule has 6 nitrogen and oxygen atoms in total. The minimum Gasteiger partial charge on any atom is -0.444 e. The van der Waals surface area contributed by atoms with Crippen LogP contribution < -0.4 is 5.32 Å². The second-order valence-corrected chi connectivity index (χ2v) is 3.64. The Morgan fingerprint density at radius 2 is 1.89 bits per heavy atom. The smallest absolute Gasteiger partial charge is 0.414 e. The van der Waals surface area contributed by atoms with E-state index in [0.717, 1.165) is 5.56 Å². The lowest BCUT2D eigenvalue weighted by Crippen LogP contribution is -2.15. The van der Waals surface area contributed by atoms with Gasteiger partial charge in [-0.25, -0.2) is 14.8 Å². The van der Waals surface area contributed by atoms with Crippen LogP contribution in [-0.4, -0.2) is 22.3 Å². The Hall–Kier alpha value is -2.76. The molecule has 0 saturated heterocycles. The standard InChI is InChI=1S/C13H11N3O3/c17-8-11-6-14-12(15-7-11)16-13(18)19-9-10-4-2-1-3-5-10/h1-8H,9H2,(H,14,15,16,18). The highest BCUT2D eigenvalue weighted by Crippen LogP contribution is 2.03. The molecule has 0 atom stereocenters. The van der Waals surface area contributed by atoms with Crippen molar-refractivity contribution in [3.63, 3.8) is 0 Å². The number of rotatable bonds is 4. The number of amides is 1. The van der Waals surface area contributed by atoms with Crippen LogP contribution in [0.5, 0.6) is 0 Å². The molecule has 6 heteroatoms. The number of nitrogens with one attached hydrogen (secondary N) is 1. The van der Waals surface area contributed by atoms with Gasteiger partial charge in [-0.1, -0.05) is 30.3 Å². The number of nitrogens with zero attached hydrogens (tertiary/aromatic N) is 2. The lowest BCUT2D eigenvalue weighted by Gasteiger charge is -2.05. The number of ether oxygens (including phenoxy) is 1. The fourth-order valence-corrected chi connectivity index (χ4v) is 1.31. The van der Waals surface area contributed by atoms with Gasteiger partial charge in [0.05, 0.1) is 5.56 Å². The van der Waals surface area contributed by atoms with Gasteiger partial charge >= 0.3 is 6.09 Å². The van der Waals surface area contributed by atoms with E-state index in [9.17, 15) is 9.59 Å². The highest BCUT2D eigenvalue weighted by Gasteiger charge is 2.05. The van der Waals surface area contributed by atoms with Crippen molar-refractivity contribution >= 4 is 18.3 Å². The summed E-state index contributed by atoms with van der Waals surface area (Å²) in [7, 11) is 0. The van der Waals surface area contributed by atoms with Crippen LogP contribution in [0.3, 0.4) is 0 Å². The minimum atomic E-state index is -0.650. The first-order valence-electron chi connectivity index (χ1n) is 5.53. The molecule has 2 rings (SSSR count). The molecule has 0 aliphatic carbocycles. The number of carbonyl (C=O) groups is 2. The Kier molecular flexibility index (Phi) is 4.17. The maximum atomic E-state index is 11.5. The maximum Gasteiger partial charge on any atom is 0.414 e. The van der Waals surface area contributed by atoms with E-state index in [1.807, 2.05) is 30.3 Å². The summed E-state index contributed by atoms with van der Waals surface area (Å²) in [5.74, 6) is 0.0867. The van der Waals surface area contributed by atoms with Crippen LogP contribution >= 0.6 is 0 Å². The maximum absolute atomic E-state index is 11.5. The lowest BCUT2D eigenvalue weighted by molar-refractivity contribution is 0.112. The van der Waals surface area contributed by atoms with Gasteiger partial charge in [0.25, 0.3) is 0 Å². The lowest BCUT2D eigenvalue weighted by atomic mass is 10.2. The number of aromatic nitrogens is 2. The van der Waals surface area contributed by atoms with E-state index in [1.54, 1.807) is 0 Å². The zero-order valence-corrected chi connectivity index (χ0v) is 9.95. The molecule has 0 aliphatic rings. The Bertz CT molecular complexity index is 555. The minimum absolute atomic E-state index is 0.0867. The normalized spacial score (nSPS) is 9.68.